The zero-order valence-corrected chi connectivity index (χ0v) is 15.8. The van der Waals surface area contributed by atoms with Crippen LogP contribution < -0.4 is 5.32 Å². The minimum Gasteiger partial charge on any atom is -0.378 e. The monoisotopic (exact) mass is 333 g/mol. The summed E-state index contributed by atoms with van der Waals surface area (Å²) >= 11 is 0. The molecule has 0 aromatic rings. The average Bonchev–Trinajstić information content (AvgIpc) is 3.08. The molecule has 0 aromatic carbocycles. The molecule has 1 saturated heterocycles. The van der Waals surface area contributed by atoms with E-state index in [1.165, 1.54) is 44.9 Å². The van der Waals surface area contributed by atoms with Crippen molar-refractivity contribution in [2.75, 3.05) is 6.61 Å². The fraction of sp³-hybridized carbons (Fsp3) is 0.952. The lowest BCUT2D eigenvalue weighted by atomic mass is 9.57. The van der Waals surface area contributed by atoms with Gasteiger partial charge in [-0.3, -0.25) is 4.79 Å². The molecule has 4 rings (SSSR count). The van der Waals surface area contributed by atoms with E-state index in [4.69, 9.17) is 4.74 Å². The van der Waals surface area contributed by atoms with Crippen molar-refractivity contribution in [1.29, 1.82) is 0 Å². The summed E-state index contributed by atoms with van der Waals surface area (Å²) in [4.78, 5) is 12.2. The van der Waals surface area contributed by atoms with E-state index >= 15 is 0 Å². The highest BCUT2D eigenvalue weighted by Crippen LogP contribution is 2.69. The third-order valence-electron chi connectivity index (χ3n) is 8.29. The molecule has 2 bridgehead atoms. The van der Waals surface area contributed by atoms with Crippen LogP contribution in [0, 0.1) is 28.6 Å². The summed E-state index contributed by atoms with van der Waals surface area (Å²) in [7, 11) is 0. The Balaban J connectivity index is 1.62. The Hall–Kier alpha value is -0.570. The van der Waals surface area contributed by atoms with Crippen LogP contribution in [0.4, 0.5) is 0 Å². The second kappa shape index (κ2) is 6.00. The van der Waals surface area contributed by atoms with E-state index in [1.807, 2.05) is 6.92 Å². The lowest BCUT2D eigenvalue weighted by Gasteiger charge is -2.55. The number of ether oxygens (including phenoxy) is 1. The zero-order chi connectivity index (χ0) is 16.9. The normalized spacial score (nSPS) is 44.3. The van der Waals surface area contributed by atoms with Gasteiger partial charge in [0.15, 0.2) is 0 Å². The molecule has 5 atom stereocenters. The van der Waals surface area contributed by atoms with Gasteiger partial charge >= 0.3 is 0 Å². The zero-order valence-electron chi connectivity index (χ0n) is 15.8. The topological polar surface area (TPSA) is 38.3 Å². The predicted octanol–water partition coefficient (Wildman–Crippen LogP) is 4.30. The van der Waals surface area contributed by atoms with Crippen LogP contribution in [0.3, 0.4) is 0 Å². The maximum absolute atomic E-state index is 12.2. The number of nitrogens with one attached hydrogen (secondary N) is 1. The van der Waals surface area contributed by atoms with E-state index in [2.05, 4.69) is 19.2 Å². The molecule has 4 aliphatic rings. The van der Waals surface area contributed by atoms with Gasteiger partial charge in [0.25, 0.3) is 0 Å². The summed E-state index contributed by atoms with van der Waals surface area (Å²) in [5.74, 6) is 2.42. The van der Waals surface area contributed by atoms with Crippen molar-refractivity contribution in [2.24, 2.45) is 28.6 Å². The van der Waals surface area contributed by atoms with Crippen LogP contribution in [-0.2, 0) is 9.53 Å². The first kappa shape index (κ1) is 16.9. The third kappa shape index (κ3) is 2.37. The number of fused-ring (bicyclic) bond motifs is 1. The Bertz CT molecular complexity index is 496. The summed E-state index contributed by atoms with van der Waals surface area (Å²) in [6, 6.07) is 0.344. The lowest BCUT2D eigenvalue weighted by molar-refractivity contribution is -0.150. The first-order chi connectivity index (χ1) is 11.5. The van der Waals surface area contributed by atoms with Crippen LogP contribution in [0.5, 0.6) is 0 Å². The van der Waals surface area contributed by atoms with Gasteiger partial charge < -0.3 is 10.1 Å². The van der Waals surface area contributed by atoms with Crippen LogP contribution in [0.2, 0.25) is 0 Å². The van der Waals surface area contributed by atoms with Crippen molar-refractivity contribution in [1.82, 2.24) is 5.32 Å². The number of hydrogen-bond donors (Lipinski definition) is 1. The summed E-state index contributed by atoms with van der Waals surface area (Å²) in [6.07, 6.45) is 11.7. The van der Waals surface area contributed by atoms with Crippen molar-refractivity contribution in [3.63, 3.8) is 0 Å². The van der Waals surface area contributed by atoms with E-state index in [9.17, 15) is 4.79 Å². The van der Waals surface area contributed by atoms with E-state index in [0.717, 1.165) is 24.9 Å². The molecule has 4 fully saturated rings. The van der Waals surface area contributed by atoms with Crippen LogP contribution in [-0.4, -0.2) is 24.7 Å². The highest BCUT2D eigenvalue weighted by Gasteiger charge is 2.68. The Morgan fingerprint density at radius 3 is 2.67 bits per heavy atom. The quantitative estimate of drug-likeness (QED) is 0.836. The first-order valence-corrected chi connectivity index (χ1v) is 10.4. The van der Waals surface area contributed by atoms with Gasteiger partial charge in [0.05, 0.1) is 6.10 Å². The third-order valence-corrected chi connectivity index (χ3v) is 8.29. The van der Waals surface area contributed by atoms with Gasteiger partial charge in [-0.15, -0.1) is 0 Å². The van der Waals surface area contributed by atoms with E-state index < -0.39 is 0 Å². The number of amides is 1. The van der Waals surface area contributed by atoms with Gasteiger partial charge in [0, 0.05) is 19.1 Å². The molecule has 1 unspecified atom stereocenters. The second-order valence-corrected chi connectivity index (χ2v) is 9.64. The molecule has 0 aromatic heterocycles. The Kier molecular flexibility index (Phi) is 4.22. The Morgan fingerprint density at radius 2 is 1.96 bits per heavy atom. The van der Waals surface area contributed by atoms with Crippen molar-refractivity contribution in [3.05, 3.63) is 0 Å². The van der Waals surface area contributed by atoms with Gasteiger partial charge in [0.2, 0.25) is 5.91 Å². The van der Waals surface area contributed by atoms with Gasteiger partial charge in [-0.25, -0.2) is 0 Å². The minimum absolute atomic E-state index is 0.231. The van der Waals surface area contributed by atoms with Crippen LogP contribution >= 0.6 is 0 Å². The molecule has 0 radical (unpaired) electrons. The average molecular weight is 334 g/mol. The molecule has 1 amide bonds. The predicted molar refractivity (Wildman–Crippen MR) is 95.6 cm³/mol. The van der Waals surface area contributed by atoms with E-state index in [-0.39, 0.29) is 11.3 Å². The maximum Gasteiger partial charge on any atom is 0.219 e. The highest BCUT2D eigenvalue weighted by molar-refractivity contribution is 5.76. The molecule has 1 spiro atoms. The molecule has 3 heteroatoms. The largest absolute Gasteiger partial charge is 0.378 e. The number of rotatable bonds is 3. The molecule has 136 valence electrons. The molecule has 3 aliphatic carbocycles. The fourth-order valence-corrected chi connectivity index (χ4v) is 7.02. The van der Waals surface area contributed by atoms with Crippen LogP contribution in [0.25, 0.3) is 0 Å². The standard InChI is InChI=1S/C21H35NO2/c1-4-17(23)22-19-20(2,3)15-12-16-18(14-8-6-5-7-9-14)24-11-10-21(16,19)13-15/h14-16,18-19H,4-13H2,1-3H3,(H,22,23)/t15-,16-,18-,19-,21?/m1/s1. The summed E-state index contributed by atoms with van der Waals surface area (Å²) in [5.41, 5.74) is 0.537. The molecular weight excluding hydrogens is 298 g/mol. The number of carbonyl (C=O) groups is 1. The highest BCUT2D eigenvalue weighted by atomic mass is 16.5. The fourth-order valence-electron chi connectivity index (χ4n) is 7.02. The molecule has 1 N–H and O–H groups in total. The first-order valence-electron chi connectivity index (χ1n) is 10.4. The smallest absolute Gasteiger partial charge is 0.219 e. The second-order valence-electron chi connectivity index (χ2n) is 9.64. The van der Waals surface area contributed by atoms with Crippen molar-refractivity contribution in [2.45, 2.75) is 90.7 Å². The van der Waals surface area contributed by atoms with Gasteiger partial charge in [0.1, 0.15) is 0 Å². The van der Waals surface area contributed by atoms with Gasteiger partial charge in [-0.1, -0.05) is 40.0 Å². The molecule has 3 saturated carbocycles. The van der Waals surface area contributed by atoms with E-state index in [0.29, 0.717) is 29.9 Å². The van der Waals surface area contributed by atoms with Gasteiger partial charge in [-0.05, 0) is 60.7 Å². The molecular formula is C21H35NO2. The Morgan fingerprint density at radius 1 is 1.21 bits per heavy atom. The SMILES string of the molecule is CCC(=O)N[C@@H]1C(C)(C)[C@@H]2C[C@@H]3[C@@H](C4CCCCC4)OCCC31C2. The molecule has 24 heavy (non-hydrogen) atoms. The molecule has 1 heterocycles. The molecule has 3 nitrogen and oxygen atoms in total. The number of hydrogen-bond acceptors (Lipinski definition) is 2. The van der Waals surface area contributed by atoms with Crippen LogP contribution in [0.15, 0.2) is 0 Å². The lowest BCUT2D eigenvalue weighted by Crippen LogP contribution is -2.61. The molecule has 1 aliphatic heterocycles. The van der Waals surface area contributed by atoms with Crippen molar-refractivity contribution in [3.8, 4) is 0 Å². The number of carbonyl (C=O) groups excluding carboxylic acids is 1. The maximum atomic E-state index is 12.2. The van der Waals surface area contributed by atoms with Gasteiger partial charge in [-0.2, -0.15) is 0 Å². The van der Waals surface area contributed by atoms with Crippen molar-refractivity contribution < 1.29 is 9.53 Å². The summed E-state index contributed by atoms with van der Waals surface area (Å²) in [6.45, 7) is 7.67. The summed E-state index contributed by atoms with van der Waals surface area (Å²) in [5, 5.41) is 3.47. The van der Waals surface area contributed by atoms with Crippen molar-refractivity contribution >= 4 is 5.91 Å². The Labute approximate surface area is 147 Å². The minimum atomic E-state index is 0.231. The van der Waals surface area contributed by atoms with E-state index in [1.54, 1.807) is 0 Å². The van der Waals surface area contributed by atoms with Crippen LogP contribution in [0.1, 0.15) is 78.6 Å². The summed E-state index contributed by atoms with van der Waals surface area (Å²) < 4.78 is 6.41.